The number of nitrogens with one attached hydrogen (secondary N) is 1. The Morgan fingerprint density at radius 3 is 2.23 bits per heavy atom. The topological polar surface area (TPSA) is 56.8 Å². The van der Waals surface area contributed by atoms with E-state index in [0.29, 0.717) is 18.0 Å². The highest BCUT2D eigenvalue weighted by molar-refractivity contribution is 5.79. The van der Waals surface area contributed by atoms with E-state index in [1.807, 2.05) is 30.3 Å². The van der Waals surface area contributed by atoms with Gasteiger partial charge >= 0.3 is 0 Å². The standard InChI is InChI=1S/C21H25NO4/c1-24-18-9-8-15(10-19(18)25-2)11-20(23)22-14-21(26-3)12-16-6-4-5-7-17(16)13-21/h4-10H,11-14H2,1-3H3,(H,22,23). The maximum Gasteiger partial charge on any atom is 0.224 e. The van der Waals surface area contributed by atoms with E-state index in [-0.39, 0.29) is 17.9 Å². The molecule has 0 bridgehead atoms. The van der Waals surface area contributed by atoms with Gasteiger partial charge in [0, 0.05) is 26.5 Å². The first-order chi connectivity index (χ1) is 12.6. The SMILES string of the molecule is COc1ccc(CC(=O)NCC2(OC)Cc3ccccc3C2)cc1OC. The molecule has 0 spiro atoms. The number of hydrogen-bond acceptors (Lipinski definition) is 4. The molecule has 0 atom stereocenters. The van der Waals surface area contributed by atoms with Crippen molar-refractivity contribution < 1.29 is 19.0 Å². The summed E-state index contributed by atoms with van der Waals surface area (Å²) >= 11 is 0. The lowest BCUT2D eigenvalue weighted by Crippen LogP contribution is -2.45. The summed E-state index contributed by atoms with van der Waals surface area (Å²) in [5.41, 5.74) is 3.10. The fourth-order valence-corrected chi connectivity index (χ4v) is 3.50. The van der Waals surface area contributed by atoms with Crippen LogP contribution in [0.25, 0.3) is 0 Å². The maximum atomic E-state index is 12.4. The number of methoxy groups -OCH3 is 3. The van der Waals surface area contributed by atoms with Crippen LogP contribution in [0.4, 0.5) is 0 Å². The van der Waals surface area contributed by atoms with Gasteiger partial charge in [0.15, 0.2) is 11.5 Å². The summed E-state index contributed by atoms with van der Waals surface area (Å²) in [4.78, 5) is 12.4. The van der Waals surface area contributed by atoms with Gasteiger partial charge in [-0.05, 0) is 28.8 Å². The smallest absolute Gasteiger partial charge is 0.224 e. The van der Waals surface area contributed by atoms with Crippen molar-refractivity contribution in [3.8, 4) is 11.5 Å². The van der Waals surface area contributed by atoms with Crippen LogP contribution in [-0.4, -0.2) is 39.4 Å². The second kappa shape index (κ2) is 7.79. The number of fused-ring (bicyclic) bond motifs is 1. The summed E-state index contributed by atoms with van der Waals surface area (Å²) in [6.07, 6.45) is 1.92. The molecule has 0 aliphatic heterocycles. The van der Waals surface area contributed by atoms with Gasteiger partial charge in [-0.25, -0.2) is 0 Å². The van der Waals surface area contributed by atoms with Gasteiger partial charge in [-0.2, -0.15) is 0 Å². The van der Waals surface area contributed by atoms with Gasteiger partial charge in [0.25, 0.3) is 0 Å². The average molecular weight is 355 g/mol. The number of carbonyl (C=O) groups is 1. The molecule has 3 rings (SSSR count). The molecule has 0 radical (unpaired) electrons. The molecule has 1 aliphatic carbocycles. The zero-order chi connectivity index (χ0) is 18.6. The Labute approximate surface area is 154 Å². The highest BCUT2D eigenvalue weighted by atomic mass is 16.5. The fourth-order valence-electron chi connectivity index (χ4n) is 3.50. The lowest BCUT2D eigenvalue weighted by molar-refractivity contribution is -0.122. The van der Waals surface area contributed by atoms with Crippen molar-refractivity contribution in [2.45, 2.75) is 24.9 Å². The van der Waals surface area contributed by atoms with E-state index in [1.165, 1.54) is 11.1 Å². The predicted molar refractivity (Wildman–Crippen MR) is 99.8 cm³/mol. The molecule has 26 heavy (non-hydrogen) atoms. The molecule has 0 fully saturated rings. The molecule has 1 N–H and O–H groups in total. The molecule has 2 aromatic carbocycles. The van der Waals surface area contributed by atoms with Crippen LogP contribution in [0.5, 0.6) is 11.5 Å². The van der Waals surface area contributed by atoms with Crippen molar-refractivity contribution in [1.29, 1.82) is 0 Å². The van der Waals surface area contributed by atoms with Crippen molar-refractivity contribution in [3.63, 3.8) is 0 Å². The van der Waals surface area contributed by atoms with Gasteiger partial charge in [0.1, 0.15) is 0 Å². The van der Waals surface area contributed by atoms with Gasteiger partial charge in [-0.3, -0.25) is 4.79 Å². The number of rotatable bonds is 7. The Hall–Kier alpha value is -2.53. The molecule has 0 unspecified atom stereocenters. The summed E-state index contributed by atoms with van der Waals surface area (Å²) in [6, 6.07) is 13.9. The van der Waals surface area contributed by atoms with Crippen LogP contribution in [0.2, 0.25) is 0 Å². The number of carbonyl (C=O) groups excluding carboxylic acids is 1. The van der Waals surface area contributed by atoms with Gasteiger partial charge in [-0.1, -0.05) is 30.3 Å². The van der Waals surface area contributed by atoms with E-state index in [1.54, 1.807) is 21.3 Å². The average Bonchev–Trinajstić information content (AvgIpc) is 3.05. The molecule has 5 nitrogen and oxygen atoms in total. The molecule has 0 saturated carbocycles. The van der Waals surface area contributed by atoms with Crippen molar-refractivity contribution >= 4 is 5.91 Å². The van der Waals surface area contributed by atoms with E-state index in [2.05, 4.69) is 17.4 Å². The summed E-state index contributed by atoms with van der Waals surface area (Å²) in [5, 5.41) is 3.03. The summed E-state index contributed by atoms with van der Waals surface area (Å²) in [5.74, 6) is 1.24. The zero-order valence-electron chi connectivity index (χ0n) is 15.5. The third kappa shape index (κ3) is 3.83. The van der Waals surface area contributed by atoms with Crippen LogP contribution in [0.3, 0.4) is 0 Å². The molecule has 1 aliphatic rings. The maximum absolute atomic E-state index is 12.4. The Kier molecular flexibility index (Phi) is 5.47. The largest absolute Gasteiger partial charge is 0.493 e. The van der Waals surface area contributed by atoms with E-state index < -0.39 is 0 Å². The van der Waals surface area contributed by atoms with E-state index in [4.69, 9.17) is 14.2 Å². The van der Waals surface area contributed by atoms with E-state index >= 15 is 0 Å². The predicted octanol–water partition coefficient (Wildman–Crippen LogP) is 2.55. The van der Waals surface area contributed by atoms with Gasteiger partial charge in [0.2, 0.25) is 5.91 Å². The highest BCUT2D eigenvalue weighted by Crippen LogP contribution is 2.32. The van der Waals surface area contributed by atoms with Crippen LogP contribution in [0.1, 0.15) is 16.7 Å². The van der Waals surface area contributed by atoms with Crippen molar-refractivity contribution in [3.05, 3.63) is 59.2 Å². The lowest BCUT2D eigenvalue weighted by atomic mass is 10.00. The number of benzene rings is 2. The Morgan fingerprint density at radius 2 is 1.65 bits per heavy atom. The molecule has 2 aromatic rings. The summed E-state index contributed by atoms with van der Waals surface area (Å²) < 4.78 is 16.3. The van der Waals surface area contributed by atoms with Crippen molar-refractivity contribution in [2.24, 2.45) is 0 Å². The van der Waals surface area contributed by atoms with Gasteiger partial charge < -0.3 is 19.5 Å². The number of amides is 1. The zero-order valence-corrected chi connectivity index (χ0v) is 15.5. The first kappa shape index (κ1) is 18.3. The van der Waals surface area contributed by atoms with Crippen LogP contribution < -0.4 is 14.8 Å². The second-order valence-electron chi connectivity index (χ2n) is 6.65. The lowest BCUT2D eigenvalue weighted by Gasteiger charge is -2.27. The molecule has 1 amide bonds. The number of ether oxygens (including phenoxy) is 3. The Balaban J connectivity index is 1.60. The van der Waals surface area contributed by atoms with Gasteiger partial charge in [0.05, 0.1) is 26.2 Å². The van der Waals surface area contributed by atoms with E-state index in [0.717, 1.165) is 18.4 Å². The van der Waals surface area contributed by atoms with E-state index in [9.17, 15) is 4.79 Å². The highest BCUT2D eigenvalue weighted by Gasteiger charge is 2.37. The summed E-state index contributed by atoms with van der Waals surface area (Å²) in [7, 11) is 4.89. The first-order valence-corrected chi connectivity index (χ1v) is 8.69. The normalized spacial score (nSPS) is 14.6. The monoisotopic (exact) mass is 355 g/mol. The third-order valence-corrected chi connectivity index (χ3v) is 5.00. The van der Waals surface area contributed by atoms with Gasteiger partial charge in [-0.15, -0.1) is 0 Å². The fraction of sp³-hybridized carbons (Fsp3) is 0.381. The third-order valence-electron chi connectivity index (χ3n) is 5.00. The minimum Gasteiger partial charge on any atom is -0.493 e. The molecular weight excluding hydrogens is 330 g/mol. The van der Waals surface area contributed by atoms with Crippen LogP contribution in [0.15, 0.2) is 42.5 Å². The van der Waals surface area contributed by atoms with Crippen molar-refractivity contribution in [2.75, 3.05) is 27.9 Å². The minimum absolute atomic E-state index is 0.0374. The number of hydrogen-bond donors (Lipinski definition) is 1. The van der Waals surface area contributed by atoms with Crippen molar-refractivity contribution in [1.82, 2.24) is 5.32 Å². The minimum atomic E-state index is -0.364. The van der Waals surface area contributed by atoms with Crippen LogP contribution >= 0.6 is 0 Å². The molecule has 138 valence electrons. The molecule has 0 saturated heterocycles. The second-order valence-corrected chi connectivity index (χ2v) is 6.65. The summed E-state index contributed by atoms with van der Waals surface area (Å²) in [6.45, 7) is 0.490. The molecule has 0 aromatic heterocycles. The Bertz CT molecular complexity index is 762. The van der Waals surface area contributed by atoms with Crippen LogP contribution in [-0.2, 0) is 28.8 Å². The molecule has 5 heteroatoms. The Morgan fingerprint density at radius 1 is 1.00 bits per heavy atom. The first-order valence-electron chi connectivity index (χ1n) is 8.69. The van der Waals surface area contributed by atoms with Crippen LogP contribution in [0, 0.1) is 0 Å². The molecular formula is C21H25NO4. The molecule has 0 heterocycles. The quantitative estimate of drug-likeness (QED) is 0.829.